The number of carbonyl (C=O) groups is 2. The first kappa shape index (κ1) is 25.5. The average molecular weight is 488 g/mol. The highest BCUT2D eigenvalue weighted by atomic mass is 19.1. The van der Waals surface area contributed by atoms with Gasteiger partial charge in [0.05, 0.1) is 12.6 Å². The van der Waals surface area contributed by atoms with E-state index >= 15 is 0 Å². The number of aryl methyl sites for hydroxylation is 2. The normalized spacial score (nSPS) is 18.3. The molecule has 36 heavy (non-hydrogen) atoms. The Balaban J connectivity index is 1.50. The van der Waals surface area contributed by atoms with E-state index < -0.39 is 18.3 Å². The average Bonchev–Trinajstić information content (AvgIpc) is 3.29. The highest BCUT2D eigenvalue weighted by Gasteiger charge is 2.40. The molecule has 1 fully saturated rings. The van der Waals surface area contributed by atoms with E-state index in [-0.39, 0.29) is 31.2 Å². The van der Waals surface area contributed by atoms with Crippen molar-refractivity contribution in [1.82, 2.24) is 15.2 Å². The van der Waals surface area contributed by atoms with Crippen molar-refractivity contribution in [1.29, 1.82) is 0 Å². The molecule has 3 atom stereocenters. The van der Waals surface area contributed by atoms with Gasteiger partial charge in [-0.15, -0.1) is 0 Å². The van der Waals surface area contributed by atoms with Crippen LogP contribution in [0.15, 0.2) is 72.9 Å². The predicted molar refractivity (Wildman–Crippen MR) is 139 cm³/mol. The molecule has 5 nitrogen and oxygen atoms in total. The molecule has 0 bridgehead atoms. The van der Waals surface area contributed by atoms with Gasteiger partial charge >= 0.3 is 0 Å². The fraction of sp³-hybridized carbons (Fsp3) is 0.367. The van der Waals surface area contributed by atoms with Crippen molar-refractivity contribution in [3.63, 3.8) is 0 Å². The maximum absolute atomic E-state index is 14.5. The van der Waals surface area contributed by atoms with Gasteiger partial charge in [0.15, 0.2) is 0 Å². The molecule has 3 aromatic rings. The first-order valence-corrected chi connectivity index (χ1v) is 12.6. The Morgan fingerprint density at radius 2 is 1.67 bits per heavy atom. The monoisotopic (exact) mass is 487 g/mol. The zero-order chi connectivity index (χ0) is 25.7. The van der Waals surface area contributed by atoms with Gasteiger partial charge in [-0.05, 0) is 47.6 Å². The maximum Gasteiger partial charge on any atom is 0.243 e. The van der Waals surface area contributed by atoms with Gasteiger partial charge in [0.1, 0.15) is 12.2 Å². The van der Waals surface area contributed by atoms with Crippen molar-refractivity contribution in [2.75, 3.05) is 6.54 Å². The molecule has 0 spiro atoms. The number of hydrogen-bond acceptors (Lipinski definition) is 3. The fourth-order valence-electron chi connectivity index (χ4n) is 4.65. The first-order chi connectivity index (χ1) is 17.3. The molecule has 1 aliphatic heterocycles. The minimum absolute atomic E-state index is 0.00809. The van der Waals surface area contributed by atoms with E-state index in [1.54, 1.807) is 6.20 Å². The minimum atomic E-state index is -1.22. The smallest absolute Gasteiger partial charge is 0.243 e. The second-order valence-corrected chi connectivity index (χ2v) is 9.90. The number of rotatable bonds is 8. The summed E-state index contributed by atoms with van der Waals surface area (Å²) in [5.74, 6) is -0.160. The molecule has 0 unspecified atom stereocenters. The number of nitrogens with zero attached hydrogens (tertiary/aromatic N) is 2. The first-order valence-electron chi connectivity index (χ1n) is 12.6. The highest BCUT2D eigenvalue weighted by Crippen LogP contribution is 2.27. The van der Waals surface area contributed by atoms with Gasteiger partial charge in [-0.3, -0.25) is 14.6 Å². The molecule has 2 heterocycles. The summed E-state index contributed by atoms with van der Waals surface area (Å²) in [6.45, 7) is 6.17. The van der Waals surface area contributed by atoms with Crippen molar-refractivity contribution in [2.45, 2.75) is 64.2 Å². The molecule has 1 N–H and O–H groups in total. The summed E-state index contributed by atoms with van der Waals surface area (Å²) >= 11 is 0. The number of halogens is 1. The van der Waals surface area contributed by atoms with Crippen molar-refractivity contribution >= 4 is 11.8 Å². The summed E-state index contributed by atoms with van der Waals surface area (Å²) in [5, 5.41) is 3.11. The number of nitrogens with one attached hydrogen (secondary N) is 1. The molecule has 0 radical (unpaired) electrons. The third-order valence-corrected chi connectivity index (χ3v) is 6.80. The van der Waals surface area contributed by atoms with Gasteiger partial charge in [0.2, 0.25) is 11.8 Å². The van der Waals surface area contributed by atoms with E-state index in [0.717, 1.165) is 22.4 Å². The number of amides is 2. The Hall–Kier alpha value is -3.54. The standard InChI is InChI=1S/C30H34FN3O2/c1-20(2)22-10-12-24(13-11-22)29(23-7-5-4-6-8-23)33-30(36)27-17-25(31)19-34(27)28(35)16-15-26-14-9-21(3)18-32-26/h4-14,18,20,25,27,29H,15-17,19H2,1-3H3,(H,33,36)/t25-,27+,29+/m1/s1. The summed E-state index contributed by atoms with van der Waals surface area (Å²) in [7, 11) is 0. The third-order valence-electron chi connectivity index (χ3n) is 6.80. The van der Waals surface area contributed by atoms with Gasteiger partial charge in [-0.25, -0.2) is 4.39 Å². The Labute approximate surface area is 212 Å². The van der Waals surface area contributed by atoms with Crippen LogP contribution in [-0.4, -0.2) is 40.5 Å². The van der Waals surface area contributed by atoms with Crippen molar-refractivity contribution < 1.29 is 14.0 Å². The highest BCUT2D eigenvalue weighted by molar-refractivity contribution is 5.89. The molecule has 1 aliphatic rings. The lowest BCUT2D eigenvalue weighted by Crippen LogP contribution is -2.47. The van der Waals surface area contributed by atoms with E-state index in [1.807, 2.05) is 61.5 Å². The maximum atomic E-state index is 14.5. The SMILES string of the molecule is Cc1ccc(CCC(=O)N2C[C@H](F)C[C@H]2C(=O)N[C@@H](c2ccccc2)c2ccc(C(C)C)cc2)nc1. The Morgan fingerprint density at radius 1 is 1.00 bits per heavy atom. The van der Waals surface area contributed by atoms with Crippen LogP contribution in [0, 0.1) is 6.92 Å². The molecular formula is C30H34FN3O2. The van der Waals surface area contributed by atoms with Gasteiger partial charge < -0.3 is 10.2 Å². The van der Waals surface area contributed by atoms with Crippen LogP contribution in [0.3, 0.4) is 0 Å². The van der Waals surface area contributed by atoms with Crippen LogP contribution in [0.1, 0.15) is 66.6 Å². The lowest BCUT2D eigenvalue weighted by molar-refractivity contribution is -0.138. The predicted octanol–water partition coefficient (Wildman–Crippen LogP) is 5.29. The summed E-state index contributed by atoms with van der Waals surface area (Å²) in [4.78, 5) is 32.2. The van der Waals surface area contributed by atoms with E-state index in [1.165, 1.54) is 10.5 Å². The van der Waals surface area contributed by atoms with Crippen molar-refractivity contribution in [3.8, 4) is 0 Å². The van der Waals surface area contributed by atoms with Crippen LogP contribution in [0.2, 0.25) is 0 Å². The van der Waals surface area contributed by atoms with Gasteiger partial charge in [0, 0.05) is 24.7 Å². The lowest BCUT2D eigenvalue weighted by atomic mass is 9.95. The lowest BCUT2D eigenvalue weighted by Gasteiger charge is -2.27. The van der Waals surface area contributed by atoms with Crippen LogP contribution >= 0.6 is 0 Å². The molecule has 0 aliphatic carbocycles. The molecule has 2 aromatic carbocycles. The zero-order valence-corrected chi connectivity index (χ0v) is 21.2. The number of pyridine rings is 1. The third kappa shape index (κ3) is 6.17. The second kappa shape index (κ2) is 11.5. The second-order valence-electron chi connectivity index (χ2n) is 9.90. The molecule has 1 aromatic heterocycles. The van der Waals surface area contributed by atoms with Gasteiger partial charge in [-0.2, -0.15) is 0 Å². The van der Waals surface area contributed by atoms with E-state index in [0.29, 0.717) is 12.3 Å². The van der Waals surface area contributed by atoms with E-state index in [4.69, 9.17) is 0 Å². The van der Waals surface area contributed by atoms with Crippen LogP contribution < -0.4 is 5.32 Å². The number of hydrogen-bond donors (Lipinski definition) is 1. The number of aromatic nitrogens is 1. The van der Waals surface area contributed by atoms with Crippen LogP contribution in [0.5, 0.6) is 0 Å². The van der Waals surface area contributed by atoms with Crippen LogP contribution in [0.4, 0.5) is 4.39 Å². The summed E-state index contributed by atoms with van der Waals surface area (Å²) in [6, 6.07) is 20.5. The zero-order valence-electron chi connectivity index (χ0n) is 21.2. The number of alkyl halides is 1. The Bertz CT molecular complexity index is 1160. The molecule has 0 saturated carbocycles. The fourth-order valence-corrected chi connectivity index (χ4v) is 4.65. The van der Waals surface area contributed by atoms with Crippen LogP contribution in [-0.2, 0) is 16.0 Å². The molecule has 2 amide bonds. The van der Waals surface area contributed by atoms with Crippen molar-refractivity contribution in [2.24, 2.45) is 0 Å². The minimum Gasteiger partial charge on any atom is -0.343 e. The van der Waals surface area contributed by atoms with Gasteiger partial charge in [0.25, 0.3) is 0 Å². The summed E-state index contributed by atoms with van der Waals surface area (Å²) in [6.07, 6.45) is 1.19. The van der Waals surface area contributed by atoms with Crippen LogP contribution in [0.25, 0.3) is 0 Å². The van der Waals surface area contributed by atoms with E-state index in [9.17, 15) is 14.0 Å². The van der Waals surface area contributed by atoms with E-state index in [2.05, 4.69) is 36.3 Å². The topological polar surface area (TPSA) is 62.3 Å². The number of carbonyl (C=O) groups excluding carboxylic acids is 2. The van der Waals surface area contributed by atoms with Gasteiger partial charge in [-0.1, -0.05) is 74.5 Å². The molecule has 188 valence electrons. The largest absolute Gasteiger partial charge is 0.343 e. The molecule has 1 saturated heterocycles. The summed E-state index contributed by atoms with van der Waals surface area (Å²) in [5.41, 5.74) is 4.94. The Kier molecular flexibility index (Phi) is 8.14. The molecule has 6 heteroatoms. The quantitative estimate of drug-likeness (QED) is 0.470. The Morgan fingerprint density at radius 3 is 2.31 bits per heavy atom. The molecule has 4 rings (SSSR count). The van der Waals surface area contributed by atoms with Crippen molar-refractivity contribution in [3.05, 3.63) is 101 Å². The number of likely N-dealkylation sites (tertiary alicyclic amines) is 1. The molecular weight excluding hydrogens is 453 g/mol. The summed E-state index contributed by atoms with van der Waals surface area (Å²) < 4.78 is 14.5. The number of benzene rings is 2.